The molecule has 0 atom stereocenters. The minimum Gasteiger partial charge on any atom is -0.309 e. The summed E-state index contributed by atoms with van der Waals surface area (Å²) in [6.45, 7) is 0. The molecule has 1 heterocycles. The highest BCUT2D eigenvalue weighted by Gasteiger charge is 2.16. The molecule has 5 rings (SSSR count). The standard InChI is InChI=1S/C24H15ClIN/c25-17-14-12-16(13-15-17)18-6-1-3-9-21(18)27-22-10-4-2-7-19(22)24-20(26)8-5-11-23(24)27/h1-15H. The van der Waals surface area contributed by atoms with Crippen molar-refractivity contribution in [2.45, 2.75) is 0 Å². The summed E-state index contributed by atoms with van der Waals surface area (Å²) in [5, 5.41) is 3.34. The summed E-state index contributed by atoms with van der Waals surface area (Å²) in [7, 11) is 0. The van der Waals surface area contributed by atoms with Gasteiger partial charge in [0, 0.05) is 24.9 Å². The maximum absolute atomic E-state index is 6.11. The van der Waals surface area contributed by atoms with Crippen LogP contribution in [0, 0.1) is 3.57 Å². The molecule has 0 fully saturated rings. The lowest BCUT2D eigenvalue weighted by molar-refractivity contribution is 1.18. The molecule has 0 unspecified atom stereocenters. The Morgan fingerprint density at radius 3 is 2.22 bits per heavy atom. The van der Waals surface area contributed by atoms with Gasteiger partial charge < -0.3 is 4.57 Å². The van der Waals surface area contributed by atoms with Crippen LogP contribution < -0.4 is 0 Å². The molecule has 0 radical (unpaired) electrons. The van der Waals surface area contributed by atoms with Crippen LogP contribution in [-0.2, 0) is 0 Å². The highest BCUT2D eigenvalue weighted by Crippen LogP contribution is 2.37. The number of aromatic nitrogens is 1. The average Bonchev–Trinajstić information content (AvgIpc) is 3.04. The second-order valence-electron chi connectivity index (χ2n) is 6.51. The molecule has 3 heteroatoms. The maximum atomic E-state index is 6.11. The molecule has 5 aromatic rings. The van der Waals surface area contributed by atoms with E-state index in [-0.39, 0.29) is 0 Å². The summed E-state index contributed by atoms with van der Waals surface area (Å²) in [6.07, 6.45) is 0. The lowest BCUT2D eigenvalue weighted by Crippen LogP contribution is -1.97. The molecule has 1 aromatic heterocycles. The van der Waals surface area contributed by atoms with E-state index in [1.54, 1.807) is 0 Å². The summed E-state index contributed by atoms with van der Waals surface area (Å²) >= 11 is 8.54. The fourth-order valence-electron chi connectivity index (χ4n) is 3.78. The molecular weight excluding hydrogens is 465 g/mol. The van der Waals surface area contributed by atoms with Crippen molar-refractivity contribution in [1.82, 2.24) is 4.57 Å². The molecule has 4 aromatic carbocycles. The summed E-state index contributed by atoms with van der Waals surface area (Å²) in [5.41, 5.74) is 5.97. The van der Waals surface area contributed by atoms with Crippen molar-refractivity contribution >= 4 is 56.0 Å². The molecule has 0 aliphatic heterocycles. The van der Waals surface area contributed by atoms with Crippen molar-refractivity contribution in [1.29, 1.82) is 0 Å². The van der Waals surface area contributed by atoms with E-state index < -0.39 is 0 Å². The van der Waals surface area contributed by atoms with Gasteiger partial charge in [-0.25, -0.2) is 0 Å². The Hall–Kier alpha value is -2.30. The monoisotopic (exact) mass is 479 g/mol. The Kier molecular flexibility index (Phi) is 4.18. The Morgan fingerprint density at radius 1 is 0.667 bits per heavy atom. The van der Waals surface area contributed by atoms with Crippen LogP contribution in [-0.4, -0.2) is 4.57 Å². The second kappa shape index (κ2) is 6.70. The topological polar surface area (TPSA) is 4.93 Å². The van der Waals surface area contributed by atoms with Gasteiger partial charge in [-0.05, 0) is 64.6 Å². The van der Waals surface area contributed by atoms with Crippen LogP contribution >= 0.6 is 34.2 Å². The van der Waals surface area contributed by atoms with Gasteiger partial charge in [0.15, 0.2) is 0 Å². The average molecular weight is 480 g/mol. The van der Waals surface area contributed by atoms with Crippen LogP contribution in [0.1, 0.15) is 0 Å². The zero-order valence-electron chi connectivity index (χ0n) is 14.4. The molecule has 1 nitrogen and oxygen atoms in total. The molecular formula is C24H15ClIN. The highest BCUT2D eigenvalue weighted by molar-refractivity contribution is 14.1. The van der Waals surface area contributed by atoms with Gasteiger partial charge in [-0.15, -0.1) is 0 Å². The van der Waals surface area contributed by atoms with Gasteiger partial charge in [0.2, 0.25) is 0 Å². The van der Waals surface area contributed by atoms with Crippen LogP contribution in [0.2, 0.25) is 5.02 Å². The molecule has 0 bridgehead atoms. The molecule has 0 saturated carbocycles. The summed E-state index contributed by atoms with van der Waals surface area (Å²) < 4.78 is 3.64. The highest BCUT2D eigenvalue weighted by atomic mass is 127. The molecule has 0 saturated heterocycles. The number of fused-ring (bicyclic) bond motifs is 3. The van der Waals surface area contributed by atoms with Gasteiger partial charge in [0.1, 0.15) is 0 Å². The van der Waals surface area contributed by atoms with Crippen molar-refractivity contribution in [2.24, 2.45) is 0 Å². The van der Waals surface area contributed by atoms with Gasteiger partial charge in [-0.3, -0.25) is 0 Å². The van der Waals surface area contributed by atoms with Crippen molar-refractivity contribution < 1.29 is 0 Å². The van der Waals surface area contributed by atoms with Gasteiger partial charge >= 0.3 is 0 Å². The third kappa shape index (κ3) is 2.75. The second-order valence-corrected chi connectivity index (χ2v) is 8.11. The third-order valence-electron chi connectivity index (χ3n) is 4.95. The van der Waals surface area contributed by atoms with E-state index in [1.807, 2.05) is 12.1 Å². The van der Waals surface area contributed by atoms with Crippen LogP contribution in [0.4, 0.5) is 0 Å². The minimum atomic E-state index is 0.752. The van der Waals surface area contributed by atoms with Gasteiger partial charge in [-0.1, -0.05) is 66.2 Å². The molecule has 27 heavy (non-hydrogen) atoms. The summed E-state index contributed by atoms with van der Waals surface area (Å²) in [5.74, 6) is 0. The first kappa shape index (κ1) is 16.8. The molecule has 0 N–H and O–H groups in total. The number of para-hydroxylation sites is 2. The van der Waals surface area contributed by atoms with Gasteiger partial charge in [0.05, 0.1) is 16.7 Å². The summed E-state index contributed by atoms with van der Waals surface area (Å²) in [4.78, 5) is 0. The fourth-order valence-corrected chi connectivity index (χ4v) is 4.68. The molecule has 0 amide bonds. The number of halogens is 2. The van der Waals surface area contributed by atoms with E-state index in [1.165, 1.54) is 36.6 Å². The van der Waals surface area contributed by atoms with Gasteiger partial charge in [0.25, 0.3) is 0 Å². The van der Waals surface area contributed by atoms with E-state index >= 15 is 0 Å². The smallest absolute Gasteiger partial charge is 0.0551 e. The predicted molar refractivity (Wildman–Crippen MR) is 124 cm³/mol. The Labute approximate surface area is 176 Å². The number of hydrogen-bond donors (Lipinski definition) is 0. The predicted octanol–water partition coefficient (Wildman–Crippen LogP) is 7.71. The summed E-state index contributed by atoms with van der Waals surface area (Å²) in [6, 6.07) is 31.7. The van der Waals surface area contributed by atoms with E-state index in [9.17, 15) is 0 Å². The lowest BCUT2D eigenvalue weighted by atomic mass is 10.0. The lowest BCUT2D eigenvalue weighted by Gasteiger charge is -2.14. The first-order valence-electron chi connectivity index (χ1n) is 8.77. The fraction of sp³-hybridized carbons (Fsp3) is 0. The number of nitrogens with zero attached hydrogens (tertiary/aromatic N) is 1. The van der Waals surface area contributed by atoms with E-state index in [2.05, 4.69) is 106 Å². The van der Waals surface area contributed by atoms with Crippen LogP contribution in [0.15, 0.2) is 91.0 Å². The van der Waals surface area contributed by atoms with E-state index in [0.717, 1.165) is 10.6 Å². The number of benzene rings is 4. The zero-order chi connectivity index (χ0) is 18.4. The van der Waals surface area contributed by atoms with Crippen LogP contribution in [0.3, 0.4) is 0 Å². The number of rotatable bonds is 2. The molecule has 0 spiro atoms. The number of hydrogen-bond acceptors (Lipinski definition) is 0. The first-order valence-corrected chi connectivity index (χ1v) is 10.2. The van der Waals surface area contributed by atoms with Crippen LogP contribution in [0.5, 0.6) is 0 Å². The molecule has 0 aliphatic carbocycles. The maximum Gasteiger partial charge on any atom is 0.0551 e. The van der Waals surface area contributed by atoms with Crippen molar-refractivity contribution in [3.63, 3.8) is 0 Å². The normalized spacial score (nSPS) is 11.3. The van der Waals surface area contributed by atoms with Crippen LogP contribution in [0.25, 0.3) is 38.6 Å². The largest absolute Gasteiger partial charge is 0.309 e. The zero-order valence-corrected chi connectivity index (χ0v) is 17.3. The van der Waals surface area contributed by atoms with Crippen molar-refractivity contribution in [3.8, 4) is 16.8 Å². The Morgan fingerprint density at radius 2 is 1.37 bits per heavy atom. The van der Waals surface area contributed by atoms with E-state index in [0.29, 0.717) is 0 Å². The van der Waals surface area contributed by atoms with Gasteiger partial charge in [-0.2, -0.15) is 0 Å². The minimum absolute atomic E-state index is 0.752. The molecule has 130 valence electrons. The Balaban J connectivity index is 1.90. The Bertz CT molecular complexity index is 1290. The van der Waals surface area contributed by atoms with Crippen molar-refractivity contribution in [3.05, 3.63) is 99.6 Å². The van der Waals surface area contributed by atoms with E-state index in [4.69, 9.17) is 11.6 Å². The molecule has 0 aliphatic rings. The quantitative estimate of drug-likeness (QED) is 0.229. The SMILES string of the molecule is Clc1ccc(-c2ccccc2-n2c3ccccc3c3c(I)cccc32)cc1. The first-order chi connectivity index (χ1) is 13.2. The third-order valence-corrected chi connectivity index (χ3v) is 6.10. The van der Waals surface area contributed by atoms with Crippen molar-refractivity contribution in [2.75, 3.05) is 0 Å².